The van der Waals surface area contributed by atoms with Gasteiger partial charge in [0, 0.05) is 35.0 Å². The summed E-state index contributed by atoms with van der Waals surface area (Å²) in [5, 5.41) is 12.2. The third-order valence-electron chi connectivity index (χ3n) is 6.68. The van der Waals surface area contributed by atoms with Crippen molar-refractivity contribution < 1.29 is 23.9 Å². The van der Waals surface area contributed by atoms with Gasteiger partial charge in [-0.1, -0.05) is 59.3 Å². The Morgan fingerprint density at radius 1 is 1.18 bits per heavy atom. The summed E-state index contributed by atoms with van der Waals surface area (Å²) in [7, 11) is 1.67. The van der Waals surface area contributed by atoms with Crippen LogP contribution in [0.1, 0.15) is 22.6 Å². The summed E-state index contributed by atoms with van der Waals surface area (Å²) in [5.41, 5.74) is 3.48. The molecule has 11 heteroatoms. The quantitative estimate of drug-likeness (QED) is 0.285. The summed E-state index contributed by atoms with van der Waals surface area (Å²) in [6.45, 7) is -0.0594. The van der Waals surface area contributed by atoms with Crippen LogP contribution in [-0.4, -0.2) is 39.9 Å². The van der Waals surface area contributed by atoms with Gasteiger partial charge in [-0.2, -0.15) is 4.39 Å². The Morgan fingerprint density at radius 3 is 2.70 bits per heavy atom. The van der Waals surface area contributed by atoms with Crippen LogP contribution in [0.3, 0.4) is 0 Å². The van der Waals surface area contributed by atoms with Crippen LogP contribution in [0.25, 0.3) is 22.4 Å². The van der Waals surface area contributed by atoms with E-state index in [1.807, 2.05) is 36.4 Å². The first kappa shape index (κ1) is 27.4. The number of pyridine rings is 1. The number of carbonyl (C=O) groups is 3. The predicted octanol–water partition coefficient (Wildman–Crippen LogP) is 5.13. The highest BCUT2D eigenvalue weighted by molar-refractivity contribution is 7.10. The van der Waals surface area contributed by atoms with E-state index >= 15 is 4.39 Å². The minimum absolute atomic E-state index is 0.0532. The number of nitrogens with zero attached hydrogens (tertiary/aromatic N) is 3. The summed E-state index contributed by atoms with van der Waals surface area (Å²) in [4.78, 5) is 46.8. The molecule has 204 valence electrons. The van der Waals surface area contributed by atoms with Crippen molar-refractivity contribution in [3.05, 3.63) is 87.1 Å². The molecule has 0 bridgehead atoms. The molecule has 1 aliphatic heterocycles. The fraction of sp³-hybridized carbons (Fsp3) is 0.207. The molecule has 2 aromatic heterocycles. The van der Waals surface area contributed by atoms with Crippen molar-refractivity contribution in [3.63, 3.8) is 0 Å². The maximum Gasteiger partial charge on any atom is 0.304 e. The van der Waals surface area contributed by atoms with Crippen LogP contribution in [0.5, 0.6) is 0 Å². The molecule has 2 N–H and O–H groups in total. The van der Waals surface area contributed by atoms with Crippen molar-refractivity contribution in [3.8, 4) is 22.4 Å². The highest BCUT2D eigenvalue weighted by atomic mass is 35.5. The number of nitrogens with one attached hydrogen (secondary N) is 1. The SMILES string of the molecule is CN1C(=O)Cc2cc(-c3ccc(Cl)cc3-c3nc(CNC(=O)[C@@H](CC(=O)O)Cc4ccccc4)sc3F)cnc21. The van der Waals surface area contributed by atoms with Gasteiger partial charge in [0.2, 0.25) is 16.9 Å². The number of benzene rings is 2. The molecular weight excluding hydrogens is 555 g/mol. The lowest BCUT2D eigenvalue weighted by molar-refractivity contribution is -0.141. The minimum atomic E-state index is -1.08. The van der Waals surface area contributed by atoms with E-state index in [4.69, 9.17) is 11.6 Å². The number of anilines is 1. The van der Waals surface area contributed by atoms with Gasteiger partial charge in [0.05, 0.1) is 25.3 Å². The molecule has 0 unspecified atom stereocenters. The molecule has 4 aromatic rings. The van der Waals surface area contributed by atoms with E-state index in [9.17, 15) is 19.5 Å². The van der Waals surface area contributed by atoms with Crippen LogP contribution in [0.15, 0.2) is 60.8 Å². The van der Waals surface area contributed by atoms with Gasteiger partial charge in [0.15, 0.2) is 0 Å². The summed E-state index contributed by atoms with van der Waals surface area (Å²) >= 11 is 7.06. The zero-order chi connectivity index (χ0) is 28.4. The van der Waals surface area contributed by atoms with Crippen molar-refractivity contribution in [1.82, 2.24) is 15.3 Å². The van der Waals surface area contributed by atoms with Gasteiger partial charge in [-0.3, -0.25) is 19.3 Å². The largest absolute Gasteiger partial charge is 0.481 e. The lowest BCUT2D eigenvalue weighted by atomic mass is 9.95. The van der Waals surface area contributed by atoms with E-state index < -0.39 is 22.9 Å². The summed E-state index contributed by atoms with van der Waals surface area (Å²) < 4.78 is 15.2. The van der Waals surface area contributed by atoms with E-state index in [1.54, 1.807) is 31.4 Å². The Labute approximate surface area is 238 Å². The third-order valence-corrected chi connectivity index (χ3v) is 7.76. The number of hydrogen-bond acceptors (Lipinski definition) is 6. The van der Waals surface area contributed by atoms with E-state index in [-0.39, 0.29) is 37.4 Å². The summed E-state index contributed by atoms with van der Waals surface area (Å²) in [6, 6.07) is 16.1. The lowest BCUT2D eigenvalue weighted by Gasteiger charge is -2.14. The number of carboxylic acids is 1. The van der Waals surface area contributed by atoms with Gasteiger partial charge in [-0.15, -0.1) is 0 Å². The van der Waals surface area contributed by atoms with Crippen molar-refractivity contribution in [1.29, 1.82) is 0 Å². The first-order valence-corrected chi connectivity index (χ1v) is 13.6. The highest BCUT2D eigenvalue weighted by Gasteiger charge is 2.27. The summed E-state index contributed by atoms with van der Waals surface area (Å²) in [5.74, 6) is -1.78. The second kappa shape index (κ2) is 11.5. The molecule has 0 aliphatic carbocycles. The van der Waals surface area contributed by atoms with Crippen LogP contribution in [0.2, 0.25) is 5.02 Å². The highest BCUT2D eigenvalue weighted by Crippen LogP contribution is 2.38. The number of halogens is 2. The Morgan fingerprint density at radius 2 is 1.95 bits per heavy atom. The standard InChI is InChI=1S/C29H24ClFN4O4S/c1-35-24(36)11-17-10-19(14-32-28(17)35)21-8-7-20(30)13-22(21)26-27(31)40-23(34-26)15-33-29(39)18(12-25(37)38)9-16-5-3-2-4-6-16/h2-8,10,13-14,18H,9,11-12,15H2,1H3,(H,33,39)(H,37,38)/t18-/m1/s1. The molecule has 0 radical (unpaired) electrons. The van der Waals surface area contributed by atoms with Crippen molar-refractivity contribution in [2.75, 3.05) is 11.9 Å². The smallest absolute Gasteiger partial charge is 0.304 e. The molecule has 2 amide bonds. The molecule has 0 saturated heterocycles. The molecule has 0 spiro atoms. The average Bonchev–Trinajstić information content (AvgIpc) is 3.44. The molecule has 0 saturated carbocycles. The number of aliphatic carboxylic acids is 1. The van der Waals surface area contributed by atoms with Gasteiger partial charge < -0.3 is 10.4 Å². The van der Waals surface area contributed by atoms with E-state index in [1.165, 1.54) is 4.90 Å². The van der Waals surface area contributed by atoms with Crippen LogP contribution in [0.4, 0.5) is 10.2 Å². The number of rotatable bonds is 9. The second-order valence-electron chi connectivity index (χ2n) is 9.46. The fourth-order valence-corrected chi connectivity index (χ4v) is 5.62. The Kier molecular flexibility index (Phi) is 7.90. The topological polar surface area (TPSA) is 112 Å². The molecule has 5 rings (SSSR count). The van der Waals surface area contributed by atoms with Gasteiger partial charge in [-0.05, 0) is 35.7 Å². The zero-order valence-electron chi connectivity index (χ0n) is 21.4. The Hall–Kier alpha value is -4.15. The van der Waals surface area contributed by atoms with E-state index in [0.29, 0.717) is 32.5 Å². The number of fused-ring (bicyclic) bond motifs is 1. The maximum absolute atomic E-state index is 15.2. The molecule has 0 fully saturated rings. The number of amides is 2. The predicted molar refractivity (Wildman–Crippen MR) is 151 cm³/mol. The zero-order valence-corrected chi connectivity index (χ0v) is 22.9. The average molecular weight is 579 g/mol. The number of likely N-dealkylation sites (N-methyl/N-ethyl adjacent to an activating group) is 1. The van der Waals surface area contributed by atoms with Crippen LogP contribution in [0, 0.1) is 11.0 Å². The number of carboxylic acid groups (broad SMARTS) is 1. The number of hydrogen-bond donors (Lipinski definition) is 2. The molecular formula is C29H24ClFN4O4S. The number of carbonyl (C=O) groups excluding carboxylic acids is 2. The normalized spacial score (nSPS) is 13.3. The fourth-order valence-electron chi connectivity index (χ4n) is 4.71. The number of aromatic nitrogens is 2. The second-order valence-corrected chi connectivity index (χ2v) is 10.9. The molecule has 8 nitrogen and oxygen atoms in total. The molecule has 1 atom stereocenters. The van der Waals surface area contributed by atoms with Crippen LogP contribution in [-0.2, 0) is 33.8 Å². The molecule has 3 heterocycles. The van der Waals surface area contributed by atoms with E-state index in [0.717, 1.165) is 22.5 Å². The van der Waals surface area contributed by atoms with Gasteiger partial charge in [0.1, 0.15) is 16.5 Å². The van der Waals surface area contributed by atoms with Crippen molar-refractivity contribution in [2.24, 2.45) is 5.92 Å². The van der Waals surface area contributed by atoms with Gasteiger partial charge >= 0.3 is 5.97 Å². The first-order valence-electron chi connectivity index (χ1n) is 12.4. The summed E-state index contributed by atoms with van der Waals surface area (Å²) in [6.07, 6.45) is 1.79. The lowest BCUT2D eigenvalue weighted by Crippen LogP contribution is -2.33. The molecule has 2 aromatic carbocycles. The molecule has 40 heavy (non-hydrogen) atoms. The maximum atomic E-state index is 15.2. The minimum Gasteiger partial charge on any atom is -0.481 e. The monoisotopic (exact) mass is 578 g/mol. The van der Waals surface area contributed by atoms with Crippen LogP contribution >= 0.6 is 22.9 Å². The van der Waals surface area contributed by atoms with Gasteiger partial charge in [0.25, 0.3) is 0 Å². The Bertz CT molecular complexity index is 1610. The third kappa shape index (κ3) is 5.88. The first-order chi connectivity index (χ1) is 19.2. The molecule has 1 aliphatic rings. The van der Waals surface area contributed by atoms with Crippen LogP contribution < -0.4 is 10.2 Å². The Balaban J connectivity index is 1.37. The van der Waals surface area contributed by atoms with Gasteiger partial charge in [-0.25, -0.2) is 9.97 Å². The number of thiazole rings is 1. The van der Waals surface area contributed by atoms with E-state index in [2.05, 4.69) is 15.3 Å². The van der Waals surface area contributed by atoms with Crippen molar-refractivity contribution >= 4 is 46.5 Å². The van der Waals surface area contributed by atoms with Crippen molar-refractivity contribution in [2.45, 2.75) is 25.8 Å².